The first-order valence-corrected chi connectivity index (χ1v) is 9.56. The third-order valence-electron chi connectivity index (χ3n) is 4.44. The zero-order valence-corrected chi connectivity index (χ0v) is 16.7. The molecule has 0 spiro atoms. The van der Waals surface area contributed by atoms with Gasteiger partial charge < -0.3 is 31.1 Å². The second-order valence-corrected chi connectivity index (χ2v) is 6.58. The maximum Gasteiger partial charge on any atom is 0.178 e. The number of rotatable bonds is 13. The highest BCUT2D eigenvalue weighted by Crippen LogP contribution is 2.22. The molecule has 7 N–H and O–H groups in total. The average Bonchev–Trinajstić information content (AvgIpc) is 2.64. The summed E-state index contributed by atoms with van der Waals surface area (Å²) in [6, 6.07) is -1.12. The number of likely N-dealkylation sites (N-methyl/N-ethyl adjacent to an activating group) is 3. The normalized spacial score (nSPS) is 18.5. The molecule has 156 valence electrons. The molecule has 0 saturated heterocycles. The van der Waals surface area contributed by atoms with Gasteiger partial charge in [0.15, 0.2) is 5.72 Å². The van der Waals surface area contributed by atoms with Gasteiger partial charge in [0.05, 0.1) is 42.8 Å². The van der Waals surface area contributed by atoms with Crippen LogP contribution in [0.1, 0.15) is 39.1 Å². The lowest BCUT2D eigenvalue weighted by Gasteiger charge is -2.38. The number of hydrogen-bond acceptors (Lipinski definition) is 9. The lowest BCUT2D eigenvalue weighted by atomic mass is 9.95. The molecule has 1 aromatic rings. The Labute approximate surface area is 161 Å². The maximum absolute atomic E-state index is 11.2. The fraction of sp³-hybridized carbons (Fsp3) is 0.778. The van der Waals surface area contributed by atoms with Crippen molar-refractivity contribution >= 4 is 0 Å². The molecule has 5 atom stereocenters. The Balaban J connectivity index is 3.01. The highest BCUT2D eigenvalue weighted by atomic mass is 16.3. The minimum atomic E-state index is -1.60. The van der Waals surface area contributed by atoms with Crippen molar-refractivity contribution in [1.82, 2.24) is 25.9 Å². The van der Waals surface area contributed by atoms with Gasteiger partial charge in [-0.3, -0.25) is 15.3 Å². The van der Waals surface area contributed by atoms with Crippen LogP contribution in [0.3, 0.4) is 0 Å². The molecule has 1 unspecified atom stereocenters. The first kappa shape index (κ1) is 23.8. The van der Waals surface area contributed by atoms with Crippen molar-refractivity contribution in [3.63, 3.8) is 0 Å². The van der Waals surface area contributed by atoms with E-state index >= 15 is 0 Å². The summed E-state index contributed by atoms with van der Waals surface area (Å²) in [7, 11) is 0. The molecular formula is C18H35N5O4. The molecule has 27 heavy (non-hydrogen) atoms. The SMILES string of the molecule is CCN[C@H]([C@H](C)O)C(O)(NCC)c1cnc(C[C@H](O)[C@@H](CO)NCC)cn1. The Bertz CT molecular complexity index is 531. The van der Waals surface area contributed by atoms with Gasteiger partial charge in [0.2, 0.25) is 0 Å². The van der Waals surface area contributed by atoms with Crippen LogP contribution in [0, 0.1) is 0 Å². The second-order valence-electron chi connectivity index (χ2n) is 6.58. The molecule has 1 rings (SSSR count). The Morgan fingerprint density at radius 2 is 1.70 bits per heavy atom. The Morgan fingerprint density at radius 3 is 2.15 bits per heavy atom. The number of aromatic nitrogens is 2. The highest BCUT2D eigenvalue weighted by molar-refractivity contribution is 5.15. The van der Waals surface area contributed by atoms with Crippen molar-refractivity contribution in [1.29, 1.82) is 0 Å². The van der Waals surface area contributed by atoms with E-state index in [2.05, 4.69) is 25.9 Å². The molecule has 0 aliphatic carbocycles. The third kappa shape index (κ3) is 6.42. The number of aliphatic hydroxyl groups excluding tert-OH is 3. The molecule has 1 heterocycles. The van der Waals surface area contributed by atoms with Crippen molar-refractivity contribution in [2.24, 2.45) is 0 Å². The van der Waals surface area contributed by atoms with Gasteiger partial charge in [0, 0.05) is 12.6 Å². The Kier molecular flexibility index (Phi) is 10.2. The summed E-state index contributed by atoms with van der Waals surface area (Å²) in [5, 5.41) is 50.0. The largest absolute Gasteiger partial charge is 0.395 e. The van der Waals surface area contributed by atoms with E-state index in [9.17, 15) is 20.4 Å². The molecule has 0 fully saturated rings. The molecule has 9 heteroatoms. The van der Waals surface area contributed by atoms with E-state index in [4.69, 9.17) is 0 Å². The van der Waals surface area contributed by atoms with E-state index in [0.29, 0.717) is 25.3 Å². The van der Waals surface area contributed by atoms with Crippen LogP contribution in [0.5, 0.6) is 0 Å². The molecule has 9 nitrogen and oxygen atoms in total. The molecule has 0 aliphatic rings. The fourth-order valence-corrected chi connectivity index (χ4v) is 3.11. The number of nitrogens with one attached hydrogen (secondary N) is 3. The van der Waals surface area contributed by atoms with Gasteiger partial charge in [-0.25, -0.2) is 0 Å². The van der Waals surface area contributed by atoms with Gasteiger partial charge in [-0.1, -0.05) is 20.8 Å². The van der Waals surface area contributed by atoms with Gasteiger partial charge >= 0.3 is 0 Å². The number of nitrogens with zero attached hydrogens (tertiary/aromatic N) is 2. The van der Waals surface area contributed by atoms with Gasteiger partial charge in [-0.05, 0) is 26.6 Å². The minimum absolute atomic E-state index is 0.181. The smallest absolute Gasteiger partial charge is 0.178 e. The summed E-state index contributed by atoms with van der Waals surface area (Å²) in [5.41, 5.74) is -0.779. The Hall–Kier alpha value is -1.20. The predicted molar refractivity (Wildman–Crippen MR) is 103 cm³/mol. The number of aliphatic hydroxyl groups is 4. The van der Waals surface area contributed by atoms with Crippen molar-refractivity contribution in [2.45, 2.75) is 64.1 Å². The monoisotopic (exact) mass is 385 g/mol. The summed E-state index contributed by atoms with van der Waals surface area (Å²) in [4.78, 5) is 8.62. The molecule has 0 amide bonds. The van der Waals surface area contributed by atoms with Gasteiger partial charge in [0.1, 0.15) is 5.69 Å². The zero-order valence-electron chi connectivity index (χ0n) is 16.7. The van der Waals surface area contributed by atoms with Crippen LogP contribution < -0.4 is 16.0 Å². The molecule has 0 bridgehead atoms. The van der Waals surface area contributed by atoms with Crippen LogP contribution in [0.4, 0.5) is 0 Å². The molecule has 0 aliphatic heterocycles. The van der Waals surface area contributed by atoms with Crippen LogP contribution in [-0.2, 0) is 12.1 Å². The minimum Gasteiger partial charge on any atom is -0.395 e. The molecule has 0 saturated carbocycles. The zero-order chi connectivity index (χ0) is 20.4. The van der Waals surface area contributed by atoms with Crippen LogP contribution in [0.25, 0.3) is 0 Å². The average molecular weight is 386 g/mol. The highest BCUT2D eigenvalue weighted by Gasteiger charge is 2.41. The first-order chi connectivity index (χ1) is 12.8. The van der Waals surface area contributed by atoms with Crippen LogP contribution >= 0.6 is 0 Å². The summed E-state index contributed by atoms with van der Waals surface area (Å²) >= 11 is 0. The third-order valence-corrected chi connectivity index (χ3v) is 4.44. The van der Waals surface area contributed by atoms with Gasteiger partial charge in [-0.15, -0.1) is 0 Å². The molecule has 0 aromatic carbocycles. The summed E-state index contributed by atoms with van der Waals surface area (Å²) in [5.74, 6) is 0. The van der Waals surface area contributed by atoms with Crippen molar-refractivity contribution in [3.8, 4) is 0 Å². The lowest BCUT2D eigenvalue weighted by molar-refractivity contribution is -0.0743. The molecule has 1 aromatic heterocycles. The van der Waals surface area contributed by atoms with E-state index in [1.807, 2.05) is 20.8 Å². The van der Waals surface area contributed by atoms with Crippen molar-refractivity contribution < 1.29 is 20.4 Å². The molecular weight excluding hydrogens is 350 g/mol. The first-order valence-electron chi connectivity index (χ1n) is 9.56. The predicted octanol–water partition coefficient (Wildman–Crippen LogP) is -1.54. The van der Waals surface area contributed by atoms with Gasteiger partial charge in [-0.2, -0.15) is 0 Å². The maximum atomic E-state index is 11.2. The lowest BCUT2D eigenvalue weighted by Crippen LogP contribution is -2.62. The summed E-state index contributed by atoms with van der Waals surface area (Å²) in [6.07, 6.45) is 1.51. The van der Waals surface area contributed by atoms with E-state index in [-0.39, 0.29) is 18.7 Å². The summed E-state index contributed by atoms with van der Waals surface area (Å²) in [6.45, 7) is 8.72. The standard InChI is InChI=1S/C18H35N5O4/c1-5-19-14(11-24)15(26)8-13-9-22-16(10-21-13)18(27,23-7-3)17(12(4)25)20-6-2/h9-10,12,14-15,17,19-20,23-27H,5-8,11H2,1-4H3/t12-,14+,15-,17+,18?/m0/s1. The van der Waals surface area contributed by atoms with Crippen molar-refractivity contribution in [2.75, 3.05) is 26.2 Å². The summed E-state index contributed by atoms with van der Waals surface area (Å²) < 4.78 is 0. The Morgan fingerprint density at radius 1 is 1.04 bits per heavy atom. The van der Waals surface area contributed by atoms with E-state index < -0.39 is 30.0 Å². The fourth-order valence-electron chi connectivity index (χ4n) is 3.11. The topological polar surface area (TPSA) is 143 Å². The van der Waals surface area contributed by atoms with E-state index in [1.54, 1.807) is 6.92 Å². The van der Waals surface area contributed by atoms with Crippen molar-refractivity contribution in [3.05, 3.63) is 23.8 Å². The van der Waals surface area contributed by atoms with Crippen LogP contribution in [0.2, 0.25) is 0 Å². The quantitative estimate of drug-likeness (QED) is 0.201. The second kappa shape index (κ2) is 11.6. The van der Waals surface area contributed by atoms with E-state index in [0.717, 1.165) is 0 Å². The van der Waals surface area contributed by atoms with E-state index in [1.165, 1.54) is 12.4 Å². The van der Waals surface area contributed by atoms with Gasteiger partial charge in [0.25, 0.3) is 0 Å². The molecule has 0 radical (unpaired) electrons. The van der Waals surface area contributed by atoms with Crippen LogP contribution in [0.15, 0.2) is 12.4 Å². The van der Waals surface area contributed by atoms with Crippen LogP contribution in [-0.4, -0.2) is 80.9 Å². The number of hydrogen-bond donors (Lipinski definition) is 7.